The van der Waals surface area contributed by atoms with Crippen LogP contribution in [0.25, 0.3) is 0 Å². The van der Waals surface area contributed by atoms with E-state index in [0.29, 0.717) is 16.3 Å². The van der Waals surface area contributed by atoms with Gasteiger partial charge < -0.3 is 5.32 Å². The molecule has 0 aliphatic heterocycles. The second kappa shape index (κ2) is 8.12. The first kappa shape index (κ1) is 17.5. The molecular formula is C17H16ClN3O3. The van der Waals surface area contributed by atoms with Crippen LogP contribution in [0.3, 0.4) is 0 Å². The standard InChI is InChI=1S/C17H16ClN3O3/c1-11(22)19-15-4-2-3-13(10-15)17(24)21-20-16(23)9-12-5-7-14(18)8-6-12/h2-8,10H,9H2,1H3,(H,19,22)(H,20,23)(H,21,24). The summed E-state index contributed by atoms with van der Waals surface area (Å²) in [6.45, 7) is 1.38. The predicted octanol–water partition coefficient (Wildman–Crippen LogP) is 2.30. The van der Waals surface area contributed by atoms with E-state index in [2.05, 4.69) is 16.2 Å². The zero-order valence-corrected chi connectivity index (χ0v) is 13.7. The van der Waals surface area contributed by atoms with Gasteiger partial charge in [-0.2, -0.15) is 0 Å². The number of rotatable bonds is 4. The van der Waals surface area contributed by atoms with Gasteiger partial charge in [0.15, 0.2) is 0 Å². The number of benzene rings is 2. The molecular weight excluding hydrogens is 330 g/mol. The maximum absolute atomic E-state index is 12.0. The fourth-order valence-corrected chi connectivity index (χ4v) is 2.10. The van der Waals surface area contributed by atoms with Gasteiger partial charge in [-0.1, -0.05) is 29.8 Å². The number of halogens is 1. The highest BCUT2D eigenvalue weighted by Gasteiger charge is 2.09. The molecule has 2 aromatic carbocycles. The molecule has 0 radical (unpaired) electrons. The van der Waals surface area contributed by atoms with Crippen LogP contribution < -0.4 is 16.2 Å². The van der Waals surface area contributed by atoms with E-state index in [4.69, 9.17) is 11.6 Å². The van der Waals surface area contributed by atoms with E-state index in [1.54, 1.807) is 42.5 Å². The Kier molecular flexibility index (Phi) is 5.92. The maximum atomic E-state index is 12.0. The quantitative estimate of drug-likeness (QED) is 0.743. The van der Waals surface area contributed by atoms with Crippen molar-refractivity contribution in [2.45, 2.75) is 13.3 Å². The van der Waals surface area contributed by atoms with Crippen molar-refractivity contribution in [1.82, 2.24) is 10.9 Å². The summed E-state index contributed by atoms with van der Waals surface area (Å²) in [7, 11) is 0. The molecule has 0 aromatic heterocycles. The second-order valence-corrected chi connectivity index (χ2v) is 5.50. The molecule has 0 saturated heterocycles. The third-order valence-electron chi connectivity index (χ3n) is 3.04. The zero-order chi connectivity index (χ0) is 17.5. The molecule has 124 valence electrons. The van der Waals surface area contributed by atoms with E-state index in [1.807, 2.05) is 0 Å². The fourth-order valence-electron chi connectivity index (χ4n) is 1.97. The van der Waals surface area contributed by atoms with Gasteiger partial charge in [-0.3, -0.25) is 25.2 Å². The number of nitrogens with one attached hydrogen (secondary N) is 3. The first-order valence-corrected chi connectivity index (χ1v) is 7.53. The number of carbonyl (C=O) groups excluding carboxylic acids is 3. The number of hydrogen-bond acceptors (Lipinski definition) is 3. The summed E-state index contributed by atoms with van der Waals surface area (Å²) in [5, 5.41) is 3.17. The molecule has 0 fully saturated rings. The molecule has 7 heteroatoms. The summed E-state index contributed by atoms with van der Waals surface area (Å²) in [4.78, 5) is 34.9. The van der Waals surface area contributed by atoms with Crippen LogP contribution >= 0.6 is 11.6 Å². The maximum Gasteiger partial charge on any atom is 0.269 e. The molecule has 0 atom stereocenters. The van der Waals surface area contributed by atoms with Crippen molar-refractivity contribution in [3.63, 3.8) is 0 Å². The Bertz CT molecular complexity index is 760. The Morgan fingerprint density at radius 2 is 1.71 bits per heavy atom. The molecule has 0 spiro atoms. The molecule has 0 aliphatic rings. The smallest absolute Gasteiger partial charge is 0.269 e. The molecule has 0 heterocycles. The lowest BCUT2D eigenvalue weighted by molar-refractivity contribution is -0.121. The number of carbonyl (C=O) groups is 3. The third-order valence-corrected chi connectivity index (χ3v) is 3.29. The van der Waals surface area contributed by atoms with Gasteiger partial charge in [0.1, 0.15) is 0 Å². The second-order valence-electron chi connectivity index (χ2n) is 5.07. The van der Waals surface area contributed by atoms with Gasteiger partial charge in [0, 0.05) is 23.2 Å². The minimum atomic E-state index is -0.480. The Labute approximate surface area is 144 Å². The highest BCUT2D eigenvalue weighted by Crippen LogP contribution is 2.11. The number of anilines is 1. The van der Waals surface area contributed by atoms with Crippen molar-refractivity contribution in [3.05, 3.63) is 64.7 Å². The lowest BCUT2D eigenvalue weighted by Crippen LogP contribution is -2.42. The molecule has 3 N–H and O–H groups in total. The van der Waals surface area contributed by atoms with E-state index >= 15 is 0 Å². The largest absolute Gasteiger partial charge is 0.326 e. The predicted molar refractivity (Wildman–Crippen MR) is 91.5 cm³/mol. The lowest BCUT2D eigenvalue weighted by Gasteiger charge is -2.09. The number of amides is 3. The molecule has 0 unspecified atom stereocenters. The fraction of sp³-hybridized carbons (Fsp3) is 0.118. The molecule has 6 nitrogen and oxygen atoms in total. The molecule has 2 aromatic rings. The monoisotopic (exact) mass is 345 g/mol. The lowest BCUT2D eigenvalue weighted by atomic mass is 10.1. The summed E-state index contributed by atoms with van der Waals surface area (Å²) < 4.78 is 0. The average molecular weight is 346 g/mol. The molecule has 3 amide bonds. The van der Waals surface area contributed by atoms with Crippen molar-refractivity contribution in [2.75, 3.05) is 5.32 Å². The minimum absolute atomic E-state index is 0.114. The summed E-state index contributed by atoms with van der Waals surface area (Å²) in [5.41, 5.74) is 6.27. The van der Waals surface area contributed by atoms with Crippen LogP contribution in [-0.2, 0) is 16.0 Å². The highest BCUT2D eigenvalue weighted by molar-refractivity contribution is 6.30. The van der Waals surface area contributed by atoms with Gasteiger partial charge >= 0.3 is 0 Å². The average Bonchev–Trinajstić information content (AvgIpc) is 2.54. The summed E-state index contributed by atoms with van der Waals surface area (Å²) in [5.74, 6) is -1.07. The van der Waals surface area contributed by atoms with Gasteiger partial charge in [0.05, 0.1) is 6.42 Å². The summed E-state index contributed by atoms with van der Waals surface area (Å²) in [6.07, 6.45) is 0.114. The van der Waals surface area contributed by atoms with Gasteiger partial charge in [0.2, 0.25) is 11.8 Å². The highest BCUT2D eigenvalue weighted by atomic mass is 35.5. The van der Waals surface area contributed by atoms with Gasteiger partial charge in [0.25, 0.3) is 5.91 Å². The number of hydrogen-bond donors (Lipinski definition) is 3. The van der Waals surface area contributed by atoms with Crippen molar-refractivity contribution in [3.8, 4) is 0 Å². The van der Waals surface area contributed by atoms with Gasteiger partial charge in [-0.25, -0.2) is 0 Å². The Morgan fingerprint density at radius 3 is 2.38 bits per heavy atom. The molecule has 24 heavy (non-hydrogen) atoms. The summed E-state index contributed by atoms with van der Waals surface area (Å²) >= 11 is 5.78. The molecule has 0 saturated carbocycles. The van der Waals surface area contributed by atoms with Crippen LogP contribution in [0.2, 0.25) is 5.02 Å². The van der Waals surface area contributed by atoms with Crippen LogP contribution in [0.1, 0.15) is 22.8 Å². The summed E-state index contributed by atoms with van der Waals surface area (Å²) in [6, 6.07) is 13.2. The molecule has 0 aliphatic carbocycles. The Balaban J connectivity index is 1.89. The van der Waals surface area contributed by atoms with E-state index in [-0.39, 0.29) is 18.2 Å². The topological polar surface area (TPSA) is 87.3 Å². The first-order valence-electron chi connectivity index (χ1n) is 7.15. The van der Waals surface area contributed by atoms with Crippen molar-refractivity contribution in [2.24, 2.45) is 0 Å². The van der Waals surface area contributed by atoms with E-state index < -0.39 is 5.91 Å². The van der Waals surface area contributed by atoms with Crippen molar-refractivity contribution >= 4 is 35.0 Å². The van der Waals surface area contributed by atoms with E-state index in [1.165, 1.54) is 13.0 Å². The minimum Gasteiger partial charge on any atom is -0.326 e. The van der Waals surface area contributed by atoms with Crippen LogP contribution in [0.5, 0.6) is 0 Å². The van der Waals surface area contributed by atoms with Crippen LogP contribution in [0.4, 0.5) is 5.69 Å². The third kappa shape index (κ3) is 5.40. The SMILES string of the molecule is CC(=O)Nc1cccc(C(=O)NNC(=O)Cc2ccc(Cl)cc2)c1. The zero-order valence-electron chi connectivity index (χ0n) is 12.9. The van der Waals surface area contributed by atoms with Gasteiger partial charge in [-0.05, 0) is 35.9 Å². The Morgan fingerprint density at radius 1 is 1.00 bits per heavy atom. The van der Waals surface area contributed by atoms with Crippen LogP contribution in [-0.4, -0.2) is 17.7 Å². The molecule has 2 rings (SSSR count). The van der Waals surface area contributed by atoms with Gasteiger partial charge in [-0.15, -0.1) is 0 Å². The normalized spacial score (nSPS) is 9.92. The van der Waals surface area contributed by atoms with Crippen LogP contribution in [0.15, 0.2) is 48.5 Å². The first-order chi connectivity index (χ1) is 11.4. The van der Waals surface area contributed by atoms with Crippen LogP contribution in [0, 0.1) is 0 Å². The Hall–Kier alpha value is -2.86. The molecule has 0 bridgehead atoms. The van der Waals surface area contributed by atoms with Crippen molar-refractivity contribution < 1.29 is 14.4 Å². The van der Waals surface area contributed by atoms with Crippen molar-refractivity contribution in [1.29, 1.82) is 0 Å². The number of hydrazine groups is 1. The van der Waals surface area contributed by atoms with E-state index in [9.17, 15) is 14.4 Å². The van der Waals surface area contributed by atoms with E-state index in [0.717, 1.165) is 5.56 Å².